The highest BCUT2D eigenvalue weighted by atomic mass is 79.9. The van der Waals surface area contributed by atoms with Crippen LogP contribution in [0.2, 0.25) is 0 Å². The van der Waals surface area contributed by atoms with Gasteiger partial charge in [-0.1, -0.05) is 6.07 Å². The highest BCUT2D eigenvalue weighted by Gasteiger charge is 2.18. The second-order valence-electron chi connectivity index (χ2n) is 3.83. The summed E-state index contributed by atoms with van der Waals surface area (Å²) in [7, 11) is 0. The Balaban J connectivity index is 2.17. The normalized spacial score (nSPS) is 20.9. The van der Waals surface area contributed by atoms with Gasteiger partial charge in [-0.25, -0.2) is 8.78 Å². The van der Waals surface area contributed by atoms with E-state index in [1.807, 2.05) is 0 Å². The largest absolute Gasteiger partial charge is 0.314 e. The lowest BCUT2D eigenvalue weighted by Crippen LogP contribution is -2.24. The molecule has 0 spiro atoms. The fraction of sp³-hybridized carbons (Fsp3) is 0.455. The molecule has 1 N–H and O–H groups in total. The third kappa shape index (κ3) is 2.37. The molecule has 15 heavy (non-hydrogen) atoms. The van der Waals surface area contributed by atoms with Crippen molar-refractivity contribution >= 4 is 15.9 Å². The van der Waals surface area contributed by atoms with Gasteiger partial charge in [0.1, 0.15) is 11.6 Å². The summed E-state index contributed by atoms with van der Waals surface area (Å²) in [6, 6.07) is 3.16. The van der Waals surface area contributed by atoms with E-state index in [1.54, 1.807) is 0 Å². The molecule has 1 saturated heterocycles. The van der Waals surface area contributed by atoms with Crippen LogP contribution in [0.25, 0.3) is 0 Å². The van der Waals surface area contributed by atoms with E-state index in [2.05, 4.69) is 21.2 Å². The van der Waals surface area contributed by atoms with E-state index in [1.165, 1.54) is 12.1 Å². The van der Waals surface area contributed by atoms with E-state index >= 15 is 0 Å². The first-order chi connectivity index (χ1) is 7.18. The van der Waals surface area contributed by atoms with Crippen LogP contribution >= 0.6 is 15.9 Å². The molecule has 1 heterocycles. The van der Waals surface area contributed by atoms with Crippen LogP contribution < -0.4 is 5.32 Å². The Hall–Kier alpha value is -0.480. The van der Waals surface area contributed by atoms with Crippen LogP contribution in [0.15, 0.2) is 16.6 Å². The fourth-order valence-corrected chi connectivity index (χ4v) is 2.31. The van der Waals surface area contributed by atoms with Crippen molar-refractivity contribution in [2.75, 3.05) is 6.54 Å². The molecule has 4 heteroatoms. The number of rotatable bonds is 2. The van der Waals surface area contributed by atoms with E-state index in [4.69, 9.17) is 0 Å². The summed E-state index contributed by atoms with van der Waals surface area (Å²) < 4.78 is 26.5. The number of nitrogens with one attached hydrogen (secondary N) is 1. The summed E-state index contributed by atoms with van der Waals surface area (Å²) in [5.41, 5.74) is 0.572. The highest BCUT2D eigenvalue weighted by molar-refractivity contribution is 9.10. The summed E-state index contributed by atoms with van der Waals surface area (Å²) in [5.74, 6) is -1.01. The van der Waals surface area contributed by atoms with Gasteiger partial charge < -0.3 is 5.32 Å². The van der Waals surface area contributed by atoms with Crippen molar-refractivity contribution in [3.8, 4) is 0 Å². The second-order valence-corrected chi connectivity index (χ2v) is 4.62. The Morgan fingerprint density at radius 1 is 1.40 bits per heavy atom. The Morgan fingerprint density at radius 2 is 2.20 bits per heavy atom. The van der Waals surface area contributed by atoms with Gasteiger partial charge in [-0.05, 0) is 53.4 Å². The van der Waals surface area contributed by atoms with Gasteiger partial charge in [-0.2, -0.15) is 0 Å². The van der Waals surface area contributed by atoms with Gasteiger partial charge >= 0.3 is 0 Å². The minimum atomic E-state index is -0.546. The molecule has 1 fully saturated rings. The zero-order valence-corrected chi connectivity index (χ0v) is 9.78. The van der Waals surface area contributed by atoms with Crippen LogP contribution in [0.3, 0.4) is 0 Å². The van der Waals surface area contributed by atoms with Crippen molar-refractivity contribution in [3.05, 3.63) is 33.8 Å². The molecule has 1 nitrogen and oxygen atoms in total. The molecular formula is C11H12BrF2N. The molecule has 0 aliphatic carbocycles. The molecule has 0 aromatic heterocycles. The summed E-state index contributed by atoms with van der Waals surface area (Å²) in [5, 5.41) is 3.29. The lowest BCUT2D eigenvalue weighted by Gasteiger charge is -2.11. The van der Waals surface area contributed by atoms with E-state index in [9.17, 15) is 8.78 Å². The first kappa shape index (κ1) is 11.0. The molecule has 1 aromatic rings. The SMILES string of the molecule is Fc1ccc(CC2CCCN2)c(F)c1Br. The molecule has 2 rings (SSSR count). The predicted molar refractivity (Wildman–Crippen MR) is 58.8 cm³/mol. The van der Waals surface area contributed by atoms with Gasteiger partial charge in [0, 0.05) is 6.04 Å². The van der Waals surface area contributed by atoms with Crippen molar-refractivity contribution in [1.29, 1.82) is 0 Å². The van der Waals surface area contributed by atoms with Crippen LogP contribution in [0.4, 0.5) is 8.78 Å². The van der Waals surface area contributed by atoms with Crippen molar-refractivity contribution in [2.45, 2.75) is 25.3 Å². The van der Waals surface area contributed by atoms with Gasteiger partial charge in [0.05, 0.1) is 4.47 Å². The van der Waals surface area contributed by atoms with E-state index in [0.717, 1.165) is 19.4 Å². The quantitative estimate of drug-likeness (QED) is 0.819. The Kier molecular flexibility index (Phi) is 3.36. The Labute approximate surface area is 96.0 Å². The average Bonchev–Trinajstić information content (AvgIpc) is 2.72. The fourth-order valence-electron chi connectivity index (χ4n) is 1.92. The number of halogens is 3. The molecule has 1 aliphatic heterocycles. The van der Waals surface area contributed by atoms with Crippen LogP contribution in [-0.4, -0.2) is 12.6 Å². The molecule has 0 amide bonds. The third-order valence-electron chi connectivity index (χ3n) is 2.74. The summed E-state index contributed by atoms with van der Waals surface area (Å²) in [4.78, 5) is 0. The summed E-state index contributed by atoms with van der Waals surface area (Å²) in [6.45, 7) is 0.995. The minimum Gasteiger partial charge on any atom is -0.314 e. The molecule has 0 saturated carbocycles. The molecule has 1 aromatic carbocycles. The maximum Gasteiger partial charge on any atom is 0.143 e. The molecule has 1 unspecified atom stereocenters. The minimum absolute atomic E-state index is 0.0574. The topological polar surface area (TPSA) is 12.0 Å². The van der Waals surface area contributed by atoms with Gasteiger partial charge in [0.15, 0.2) is 0 Å². The van der Waals surface area contributed by atoms with E-state index in [-0.39, 0.29) is 4.47 Å². The maximum atomic E-state index is 13.6. The number of benzene rings is 1. The van der Waals surface area contributed by atoms with E-state index < -0.39 is 11.6 Å². The summed E-state index contributed by atoms with van der Waals surface area (Å²) in [6.07, 6.45) is 2.83. The highest BCUT2D eigenvalue weighted by Crippen LogP contribution is 2.24. The van der Waals surface area contributed by atoms with Crippen molar-refractivity contribution < 1.29 is 8.78 Å². The lowest BCUT2D eigenvalue weighted by atomic mass is 10.0. The first-order valence-corrected chi connectivity index (χ1v) is 5.83. The van der Waals surface area contributed by atoms with Crippen LogP contribution in [-0.2, 0) is 6.42 Å². The van der Waals surface area contributed by atoms with Gasteiger partial charge in [0.2, 0.25) is 0 Å². The monoisotopic (exact) mass is 275 g/mol. The van der Waals surface area contributed by atoms with Gasteiger partial charge in [-0.3, -0.25) is 0 Å². The van der Waals surface area contributed by atoms with Crippen LogP contribution in [0.5, 0.6) is 0 Å². The predicted octanol–water partition coefficient (Wildman–Crippen LogP) is 3.02. The number of hydrogen-bond donors (Lipinski definition) is 1. The average molecular weight is 276 g/mol. The standard InChI is InChI=1S/C11H12BrF2N/c12-10-9(13)4-3-7(11(10)14)6-8-2-1-5-15-8/h3-4,8,15H,1-2,5-6H2. The number of hydrogen-bond acceptors (Lipinski definition) is 1. The zero-order valence-electron chi connectivity index (χ0n) is 8.19. The van der Waals surface area contributed by atoms with Crippen molar-refractivity contribution in [2.24, 2.45) is 0 Å². The first-order valence-electron chi connectivity index (χ1n) is 5.04. The van der Waals surface area contributed by atoms with Crippen molar-refractivity contribution in [3.63, 3.8) is 0 Å². The van der Waals surface area contributed by atoms with Gasteiger partial charge in [0.25, 0.3) is 0 Å². The van der Waals surface area contributed by atoms with Crippen molar-refractivity contribution in [1.82, 2.24) is 5.32 Å². The van der Waals surface area contributed by atoms with Crippen LogP contribution in [0.1, 0.15) is 18.4 Å². The Morgan fingerprint density at radius 3 is 2.87 bits per heavy atom. The zero-order chi connectivity index (χ0) is 10.8. The molecule has 1 atom stereocenters. The third-order valence-corrected chi connectivity index (χ3v) is 3.47. The Bertz CT molecular complexity index is 362. The maximum absolute atomic E-state index is 13.6. The smallest absolute Gasteiger partial charge is 0.143 e. The van der Waals surface area contributed by atoms with E-state index in [0.29, 0.717) is 18.0 Å². The summed E-state index contributed by atoms with van der Waals surface area (Å²) >= 11 is 2.91. The molecule has 1 aliphatic rings. The second kappa shape index (κ2) is 4.58. The molecule has 0 bridgehead atoms. The molecule has 0 radical (unpaired) electrons. The lowest BCUT2D eigenvalue weighted by molar-refractivity contribution is 0.537. The molecule has 82 valence electrons. The van der Waals surface area contributed by atoms with Crippen LogP contribution in [0, 0.1) is 11.6 Å². The van der Waals surface area contributed by atoms with Gasteiger partial charge in [-0.15, -0.1) is 0 Å². The molecular weight excluding hydrogens is 264 g/mol.